The second-order valence-corrected chi connectivity index (χ2v) is 12.0. The number of methoxy groups -OCH3 is 1. The largest absolute Gasteiger partial charge is 0.381 e. The maximum Gasteiger partial charge on any atom is 0.144 e. The van der Waals surface area contributed by atoms with Gasteiger partial charge in [0.25, 0.3) is 0 Å². The minimum atomic E-state index is -1.23. The molecular weight excluding hydrogens is 378 g/mol. The summed E-state index contributed by atoms with van der Waals surface area (Å²) in [5.41, 5.74) is 4.04. The van der Waals surface area contributed by atoms with Crippen molar-refractivity contribution < 1.29 is 8.95 Å². The summed E-state index contributed by atoms with van der Waals surface area (Å²) in [4.78, 5) is 0. The van der Waals surface area contributed by atoms with E-state index in [4.69, 9.17) is 4.74 Å². The SMILES string of the molecule is COC1CCC2(CC1)Cc1ccc(C#CC3CC3)cc1C2C=NS(=O)C(C)(C)C. The highest BCUT2D eigenvalue weighted by Gasteiger charge is 2.47. The maximum atomic E-state index is 12.6. The van der Waals surface area contributed by atoms with Crippen LogP contribution in [0.15, 0.2) is 22.6 Å². The molecule has 1 aromatic carbocycles. The fourth-order valence-electron chi connectivity index (χ4n) is 4.76. The van der Waals surface area contributed by atoms with Crippen LogP contribution in [0.1, 0.15) is 81.9 Å². The van der Waals surface area contributed by atoms with Crippen LogP contribution in [-0.2, 0) is 22.1 Å². The van der Waals surface area contributed by atoms with Crippen molar-refractivity contribution in [2.45, 2.75) is 82.5 Å². The van der Waals surface area contributed by atoms with Crippen molar-refractivity contribution in [2.75, 3.05) is 7.11 Å². The molecule has 3 aliphatic rings. The predicted molar refractivity (Wildman–Crippen MR) is 121 cm³/mol. The van der Waals surface area contributed by atoms with E-state index in [9.17, 15) is 4.21 Å². The molecule has 4 heteroatoms. The molecule has 3 nitrogen and oxygen atoms in total. The van der Waals surface area contributed by atoms with Gasteiger partial charge in [-0.25, -0.2) is 4.21 Å². The van der Waals surface area contributed by atoms with Crippen LogP contribution in [0.25, 0.3) is 0 Å². The summed E-state index contributed by atoms with van der Waals surface area (Å²) in [6.07, 6.45) is 10.4. The Balaban J connectivity index is 1.66. The highest BCUT2D eigenvalue weighted by molar-refractivity contribution is 7.85. The van der Waals surface area contributed by atoms with Crippen LogP contribution in [0.3, 0.4) is 0 Å². The van der Waals surface area contributed by atoms with Gasteiger partial charge in [0.1, 0.15) is 11.0 Å². The Hall–Kier alpha value is -1.44. The van der Waals surface area contributed by atoms with Gasteiger partial charge in [-0.05, 0) is 94.4 Å². The molecule has 156 valence electrons. The Morgan fingerprint density at radius 1 is 1.21 bits per heavy atom. The summed E-state index contributed by atoms with van der Waals surface area (Å²) in [5.74, 6) is 7.58. The number of nitrogens with zero attached hydrogens (tertiary/aromatic N) is 1. The van der Waals surface area contributed by atoms with E-state index >= 15 is 0 Å². The molecule has 0 bridgehead atoms. The Morgan fingerprint density at radius 2 is 1.93 bits per heavy atom. The third-order valence-electron chi connectivity index (χ3n) is 6.77. The van der Waals surface area contributed by atoms with Gasteiger partial charge < -0.3 is 4.74 Å². The fourth-order valence-corrected chi connectivity index (χ4v) is 5.31. The minimum Gasteiger partial charge on any atom is -0.381 e. The van der Waals surface area contributed by atoms with Gasteiger partial charge in [0.05, 0.1) is 10.9 Å². The molecule has 0 amide bonds. The second kappa shape index (κ2) is 8.00. The lowest BCUT2D eigenvalue weighted by atomic mass is 9.66. The smallest absolute Gasteiger partial charge is 0.144 e. The molecule has 2 atom stereocenters. The molecule has 29 heavy (non-hydrogen) atoms. The molecule has 4 rings (SSSR count). The van der Waals surface area contributed by atoms with E-state index < -0.39 is 11.0 Å². The Kier molecular flexibility index (Phi) is 5.75. The lowest BCUT2D eigenvalue weighted by Crippen LogP contribution is -2.35. The summed E-state index contributed by atoms with van der Waals surface area (Å²) >= 11 is 0. The van der Waals surface area contributed by atoms with Gasteiger partial charge >= 0.3 is 0 Å². The summed E-state index contributed by atoms with van der Waals surface area (Å²) in [5, 5.41) is 0. The zero-order valence-electron chi connectivity index (χ0n) is 18.2. The van der Waals surface area contributed by atoms with E-state index in [1.807, 2.05) is 34.1 Å². The number of hydrogen-bond acceptors (Lipinski definition) is 2. The summed E-state index contributed by atoms with van der Waals surface area (Å²) in [6, 6.07) is 6.72. The number of hydrogen-bond donors (Lipinski definition) is 0. The van der Waals surface area contributed by atoms with Crippen molar-refractivity contribution >= 4 is 17.2 Å². The average molecular weight is 412 g/mol. The topological polar surface area (TPSA) is 38.7 Å². The highest BCUT2D eigenvalue weighted by atomic mass is 32.2. The number of ether oxygens (including phenoxy) is 1. The highest BCUT2D eigenvalue weighted by Crippen LogP contribution is 2.55. The van der Waals surface area contributed by atoms with Crippen LogP contribution in [0.4, 0.5) is 0 Å². The van der Waals surface area contributed by atoms with Gasteiger partial charge in [-0.15, -0.1) is 0 Å². The van der Waals surface area contributed by atoms with Crippen molar-refractivity contribution in [3.63, 3.8) is 0 Å². The van der Waals surface area contributed by atoms with Crippen molar-refractivity contribution in [1.29, 1.82) is 0 Å². The van der Waals surface area contributed by atoms with Gasteiger partial charge in [-0.1, -0.05) is 17.9 Å². The number of fused-ring (bicyclic) bond motifs is 1. The molecule has 0 radical (unpaired) electrons. The van der Waals surface area contributed by atoms with E-state index in [0.29, 0.717) is 12.0 Å². The Bertz CT molecular complexity index is 874. The van der Waals surface area contributed by atoms with Gasteiger partial charge in [0.2, 0.25) is 0 Å². The summed E-state index contributed by atoms with van der Waals surface area (Å²) in [6.45, 7) is 5.94. The van der Waals surface area contributed by atoms with E-state index in [2.05, 4.69) is 34.4 Å². The molecule has 3 aliphatic carbocycles. The summed E-state index contributed by atoms with van der Waals surface area (Å²) < 4.78 is 22.5. The minimum absolute atomic E-state index is 0.172. The predicted octanol–water partition coefficient (Wildman–Crippen LogP) is 5.20. The molecule has 0 saturated heterocycles. The first-order valence-electron chi connectivity index (χ1n) is 10.9. The molecule has 2 saturated carbocycles. The molecule has 2 unspecified atom stereocenters. The van der Waals surface area contributed by atoms with Gasteiger partial charge in [-0.3, -0.25) is 0 Å². The number of rotatable bonds is 3. The Labute approximate surface area is 178 Å². The lowest BCUT2D eigenvalue weighted by Gasteiger charge is -2.40. The van der Waals surface area contributed by atoms with Gasteiger partial charge in [0, 0.05) is 30.7 Å². The zero-order chi connectivity index (χ0) is 20.6. The van der Waals surface area contributed by atoms with Gasteiger partial charge in [0.15, 0.2) is 0 Å². The normalized spacial score (nSPS) is 30.2. The second-order valence-electron chi connectivity index (χ2n) is 10.0. The first-order valence-corrected chi connectivity index (χ1v) is 12.0. The van der Waals surface area contributed by atoms with Crippen molar-refractivity contribution in [3.05, 3.63) is 34.9 Å². The standard InChI is InChI=1S/C25H33NO2S/c1-24(2,3)29(27)26-17-23-22-15-19(8-7-18-5-6-18)9-10-20(22)16-25(23)13-11-21(28-4)12-14-25/h9-10,15,17-18,21,23H,5-6,11-14,16H2,1-4H3. The van der Waals surface area contributed by atoms with Crippen LogP contribution in [-0.4, -0.2) is 28.4 Å². The maximum absolute atomic E-state index is 12.6. The summed E-state index contributed by atoms with van der Waals surface area (Å²) in [7, 11) is 0.592. The number of benzene rings is 1. The quantitative estimate of drug-likeness (QED) is 0.507. The monoisotopic (exact) mass is 411 g/mol. The first kappa shape index (κ1) is 20.8. The average Bonchev–Trinajstić information content (AvgIpc) is 3.47. The molecule has 1 aromatic rings. The van der Waals surface area contributed by atoms with Crippen LogP contribution in [0.5, 0.6) is 0 Å². The van der Waals surface area contributed by atoms with Crippen LogP contribution in [0, 0.1) is 23.2 Å². The lowest BCUT2D eigenvalue weighted by molar-refractivity contribution is 0.0273. The molecule has 0 aromatic heterocycles. The third-order valence-corrected chi connectivity index (χ3v) is 8.13. The van der Waals surface area contributed by atoms with Crippen LogP contribution >= 0.6 is 0 Å². The van der Waals surface area contributed by atoms with Crippen molar-refractivity contribution in [1.82, 2.24) is 0 Å². The van der Waals surface area contributed by atoms with E-state index in [-0.39, 0.29) is 16.1 Å². The van der Waals surface area contributed by atoms with Crippen LogP contribution in [0.2, 0.25) is 0 Å². The van der Waals surface area contributed by atoms with Crippen LogP contribution < -0.4 is 0 Å². The molecule has 0 N–H and O–H groups in total. The molecule has 1 spiro atoms. The third kappa shape index (κ3) is 4.52. The molecule has 0 heterocycles. The van der Waals surface area contributed by atoms with Crippen molar-refractivity contribution in [2.24, 2.45) is 15.7 Å². The molecular formula is C25H33NO2S. The zero-order valence-corrected chi connectivity index (χ0v) is 19.0. The fraction of sp³-hybridized carbons (Fsp3) is 0.640. The Morgan fingerprint density at radius 3 is 2.55 bits per heavy atom. The van der Waals surface area contributed by atoms with Crippen molar-refractivity contribution in [3.8, 4) is 11.8 Å². The van der Waals surface area contributed by atoms with E-state index in [0.717, 1.165) is 37.7 Å². The van der Waals surface area contributed by atoms with E-state index in [1.54, 1.807) is 0 Å². The molecule has 0 aliphatic heterocycles. The molecule has 2 fully saturated rings. The van der Waals surface area contributed by atoms with E-state index in [1.165, 1.54) is 24.0 Å². The van der Waals surface area contributed by atoms with Gasteiger partial charge in [-0.2, -0.15) is 4.40 Å². The first-order chi connectivity index (χ1) is 13.8.